The number of hydrogen-bond donors (Lipinski definition) is 2. The minimum atomic E-state index is -0.254. The van der Waals surface area contributed by atoms with E-state index in [2.05, 4.69) is 15.2 Å². The molecule has 8 nitrogen and oxygen atoms in total. The van der Waals surface area contributed by atoms with E-state index in [-0.39, 0.29) is 17.9 Å². The number of carbonyl (C=O) groups is 2. The summed E-state index contributed by atoms with van der Waals surface area (Å²) in [6.45, 7) is 4.97. The van der Waals surface area contributed by atoms with Gasteiger partial charge in [0, 0.05) is 43.6 Å². The predicted molar refractivity (Wildman–Crippen MR) is 131 cm³/mol. The van der Waals surface area contributed by atoms with Crippen molar-refractivity contribution in [3.63, 3.8) is 0 Å². The van der Waals surface area contributed by atoms with Gasteiger partial charge in [0.05, 0.1) is 20.3 Å². The van der Waals surface area contributed by atoms with E-state index in [4.69, 9.17) is 9.47 Å². The zero-order chi connectivity index (χ0) is 24.1. The number of ether oxygens (including phenoxy) is 2. The van der Waals surface area contributed by atoms with Gasteiger partial charge in [0.1, 0.15) is 5.69 Å². The molecule has 4 rings (SSSR count). The number of aromatic amines is 1. The lowest BCUT2D eigenvalue weighted by Crippen LogP contribution is -2.55. The molecule has 34 heavy (non-hydrogen) atoms. The third kappa shape index (κ3) is 5.17. The first-order valence-corrected chi connectivity index (χ1v) is 11.6. The van der Waals surface area contributed by atoms with Crippen molar-refractivity contribution in [1.29, 1.82) is 0 Å². The molecule has 180 valence electrons. The monoisotopic (exact) mass is 464 g/mol. The molecular weight excluding hydrogens is 432 g/mol. The van der Waals surface area contributed by atoms with Crippen molar-refractivity contribution in [1.82, 2.24) is 20.1 Å². The van der Waals surface area contributed by atoms with Gasteiger partial charge in [-0.2, -0.15) is 0 Å². The number of benzene rings is 2. The van der Waals surface area contributed by atoms with Gasteiger partial charge in [-0.05, 0) is 43.2 Å². The van der Waals surface area contributed by atoms with Crippen molar-refractivity contribution in [3.05, 3.63) is 59.8 Å². The maximum absolute atomic E-state index is 12.9. The lowest BCUT2D eigenvalue weighted by Gasteiger charge is -2.37. The number of aromatic nitrogens is 1. The Balaban J connectivity index is 1.24. The summed E-state index contributed by atoms with van der Waals surface area (Å²) in [6.07, 6.45) is 0.700. The number of fused-ring (bicyclic) bond motifs is 1. The quantitative estimate of drug-likeness (QED) is 0.535. The summed E-state index contributed by atoms with van der Waals surface area (Å²) in [5.41, 5.74) is 2.63. The van der Waals surface area contributed by atoms with Crippen LogP contribution in [0.15, 0.2) is 48.5 Å². The van der Waals surface area contributed by atoms with Gasteiger partial charge in [-0.15, -0.1) is 0 Å². The standard InChI is InChI=1S/C26H32N4O4/c1-18(25(31)27-11-10-19-8-9-23(33-2)24(16-19)34-3)29-12-14-30(15-13-29)26(32)22-17-20-6-4-5-7-21(20)28-22/h4-9,16-18,28H,10-15H2,1-3H3,(H,27,31). The lowest BCUT2D eigenvalue weighted by molar-refractivity contribution is -0.126. The van der Waals surface area contributed by atoms with Gasteiger partial charge < -0.3 is 24.7 Å². The first-order valence-electron chi connectivity index (χ1n) is 11.6. The maximum atomic E-state index is 12.9. The topological polar surface area (TPSA) is 86.9 Å². The number of nitrogens with zero attached hydrogens (tertiary/aromatic N) is 2. The number of hydrogen-bond acceptors (Lipinski definition) is 5. The molecule has 0 saturated carbocycles. The van der Waals surface area contributed by atoms with Gasteiger partial charge in [0.2, 0.25) is 5.91 Å². The predicted octanol–water partition coefficient (Wildman–Crippen LogP) is 2.69. The summed E-state index contributed by atoms with van der Waals surface area (Å²) in [4.78, 5) is 32.8. The Labute approximate surface area is 199 Å². The Kier molecular flexibility index (Phi) is 7.37. The zero-order valence-electron chi connectivity index (χ0n) is 20.0. The van der Waals surface area contributed by atoms with Crippen LogP contribution in [0.1, 0.15) is 23.0 Å². The zero-order valence-corrected chi connectivity index (χ0v) is 20.0. The highest BCUT2D eigenvalue weighted by Crippen LogP contribution is 2.27. The Hall–Kier alpha value is -3.52. The number of piperazine rings is 1. The smallest absolute Gasteiger partial charge is 0.270 e. The normalized spacial score (nSPS) is 15.2. The molecule has 1 saturated heterocycles. The second-order valence-corrected chi connectivity index (χ2v) is 8.50. The molecule has 0 spiro atoms. The summed E-state index contributed by atoms with van der Waals surface area (Å²) >= 11 is 0. The van der Waals surface area contributed by atoms with E-state index in [1.807, 2.05) is 60.4 Å². The van der Waals surface area contributed by atoms with Crippen LogP contribution in [0.4, 0.5) is 0 Å². The maximum Gasteiger partial charge on any atom is 0.270 e. The number of methoxy groups -OCH3 is 2. The van der Waals surface area contributed by atoms with E-state index < -0.39 is 0 Å². The number of carbonyl (C=O) groups excluding carboxylic acids is 2. The van der Waals surface area contributed by atoms with Gasteiger partial charge in [0.25, 0.3) is 5.91 Å². The summed E-state index contributed by atoms with van der Waals surface area (Å²) < 4.78 is 10.6. The molecule has 0 bridgehead atoms. The van der Waals surface area contributed by atoms with E-state index in [9.17, 15) is 9.59 Å². The molecule has 0 radical (unpaired) electrons. The fraction of sp³-hybridized carbons (Fsp3) is 0.385. The molecule has 2 heterocycles. The van der Waals surface area contributed by atoms with Crippen LogP contribution >= 0.6 is 0 Å². The minimum Gasteiger partial charge on any atom is -0.493 e. The van der Waals surface area contributed by atoms with E-state index >= 15 is 0 Å². The summed E-state index contributed by atoms with van der Waals surface area (Å²) in [7, 11) is 3.22. The number of H-pyrrole nitrogens is 1. The molecule has 1 aliphatic rings. The van der Waals surface area contributed by atoms with E-state index in [1.54, 1.807) is 14.2 Å². The SMILES string of the molecule is COc1ccc(CCNC(=O)C(C)N2CCN(C(=O)c3cc4ccccc4[nH]3)CC2)cc1OC. The number of para-hydroxylation sites is 1. The third-order valence-electron chi connectivity index (χ3n) is 6.45. The van der Waals surface area contributed by atoms with Crippen LogP contribution < -0.4 is 14.8 Å². The van der Waals surface area contributed by atoms with Crippen molar-refractivity contribution >= 4 is 22.7 Å². The van der Waals surface area contributed by atoms with Gasteiger partial charge >= 0.3 is 0 Å². The molecule has 1 fully saturated rings. The van der Waals surface area contributed by atoms with Crippen molar-refractivity contribution in [3.8, 4) is 11.5 Å². The fourth-order valence-electron chi connectivity index (χ4n) is 4.35. The average molecular weight is 465 g/mol. The highest BCUT2D eigenvalue weighted by Gasteiger charge is 2.28. The van der Waals surface area contributed by atoms with E-state index in [1.165, 1.54) is 0 Å². The van der Waals surface area contributed by atoms with Crippen LogP contribution in [0, 0.1) is 0 Å². The van der Waals surface area contributed by atoms with Crippen LogP contribution in [0.2, 0.25) is 0 Å². The Morgan fingerprint density at radius 3 is 2.44 bits per heavy atom. The van der Waals surface area contributed by atoms with Crippen molar-refractivity contribution in [2.75, 3.05) is 46.9 Å². The molecule has 8 heteroatoms. The summed E-state index contributed by atoms with van der Waals surface area (Å²) in [6, 6.07) is 15.3. The van der Waals surface area contributed by atoms with Crippen LogP contribution in [-0.2, 0) is 11.2 Å². The van der Waals surface area contributed by atoms with Crippen molar-refractivity contribution in [2.24, 2.45) is 0 Å². The fourth-order valence-corrected chi connectivity index (χ4v) is 4.35. The van der Waals surface area contributed by atoms with Gasteiger partial charge in [-0.1, -0.05) is 24.3 Å². The third-order valence-corrected chi connectivity index (χ3v) is 6.45. The molecule has 2 aromatic carbocycles. The molecule has 2 amide bonds. The van der Waals surface area contributed by atoms with Gasteiger partial charge in [-0.3, -0.25) is 14.5 Å². The Bertz CT molecular complexity index is 1120. The first kappa shape index (κ1) is 23.6. The van der Waals surface area contributed by atoms with Gasteiger partial charge in [0.15, 0.2) is 11.5 Å². The second-order valence-electron chi connectivity index (χ2n) is 8.50. The summed E-state index contributed by atoms with van der Waals surface area (Å²) in [5, 5.41) is 4.06. The Morgan fingerprint density at radius 1 is 1.00 bits per heavy atom. The average Bonchev–Trinajstić information content (AvgIpc) is 3.32. The Morgan fingerprint density at radius 2 is 1.74 bits per heavy atom. The number of amides is 2. The van der Waals surface area contributed by atoms with E-state index in [0.29, 0.717) is 56.3 Å². The number of nitrogens with one attached hydrogen (secondary N) is 2. The van der Waals surface area contributed by atoms with Crippen LogP contribution in [0.3, 0.4) is 0 Å². The molecule has 1 aromatic heterocycles. The molecule has 3 aromatic rings. The molecule has 2 N–H and O–H groups in total. The van der Waals surface area contributed by atoms with Crippen molar-refractivity contribution < 1.29 is 19.1 Å². The van der Waals surface area contributed by atoms with Crippen LogP contribution in [-0.4, -0.2) is 79.6 Å². The highest BCUT2D eigenvalue weighted by molar-refractivity contribution is 5.98. The van der Waals surface area contributed by atoms with E-state index in [0.717, 1.165) is 16.5 Å². The molecule has 1 aliphatic heterocycles. The second kappa shape index (κ2) is 10.6. The largest absolute Gasteiger partial charge is 0.493 e. The van der Waals surface area contributed by atoms with Crippen LogP contribution in [0.5, 0.6) is 11.5 Å². The molecule has 1 unspecified atom stereocenters. The lowest BCUT2D eigenvalue weighted by atomic mass is 10.1. The van der Waals surface area contributed by atoms with Crippen LogP contribution in [0.25, 0.3) is 10.9 Å². The molecular formula is C26H32N4O4. The molecule has 0 aliphatic carbocycles. The minimum absolute atomic E-state index is 0.00266. The first-order chi connectivity index (χ1) is 16.5. The van der Waals surface area contributed by atoms with Gasteiger partial charge in [-0.25, -0.2) is 0 Å². The van der Waals surface area contributed by atoms with Crippen molar-refractivity contribution in [2.45, 2.75) is 19.4 Å². The molecule has 1 atom stereocenters. The summed E-state index contributed by atoms with van der Waals surface area (Å²) in [5.74, 6) is 1.37. The number of rotatable bonds is 8. The highest BCUT2D eigenvalue weighted by atomic mass is 16.5.